The van der Waals surface area contributed by atoms with Crippen molar-refractivity contribution >= 4 is 35.8 Å². The van der Waals surface area contributed by atoms with Crippen molar-refractivity contribution < 1.29 is 9.84 Å². The number of nitrogens with one attached hydrogen (secondary N) is 2. The van der Waals surface area contributed by atoms with Crippen LogP contribution in [-0.2, 0) is 11.3 Å². The van der Waals surface area contributed by atoms with Crippen molar-refractivity contribution in [1.82, 2.24) is 20.5 Å². The van der Waals surface area contributed by atoms with E-state index in [1.54, 1.807) is 0 Å². The molecule has 3 rings (SSSR count). The minimum absolute atomic E-state index is 0. The Morgan fingerprint density at radius 3 is 2.61 bits per heavy atom. The van der Waals surface area contributed by atoms with E-state index in [9.17, 15) is 5.11 Å². The van der Waals surface area contributed by atoms with Gasteiger partial charge in [0, 0.05) is 64.1 Å². The van der Waals surface area contributed by atoms with Crippen LogP contribution in [0.5, 0.6) is 0 Å². The van der Waals surface area contributed by atoms with Gasteiger partial charge in [-0.05, 0) is 37.9 Å². The summed E-state index contributed by atoms with van der Waals surface area (Å²) in [6.45, 7) is 13.4. The number of aliphatic hydroxyl groups excluding tert-OH is 1. The molecule has 31 heavy (non-hydrogen) atoms. The van der Waals surface area contributed by atoms with E-state index in [-0.39, 0.29) is 36.0 Å². The molecular weight excluding hydrogens is 507 g/mol. The zero-order valence-electron chi connectivity index (χ0n) is 19.0. The van der Waals surface area contributed by atoms with Crippen LogP contribution in [0.3, 0.4) is 0 Å². The van der Waals surface area contributed by atoms with Crippen LogP contribution in [-0.4, -0.2) is 86.6 Å². The molecule has 2 aliphatic rings. The van der Waals surface area contributed by atoms with Crippen LogP contribution < -0.4 is 15.5 Å². The minimum Gasteiger partial charge on any atom is -0.396 e. The summed E-state index contributed by atoms with van der Waals surface area (Å²) >= 11 is 0. The van der Waals surface area contributed by atoms with Crippen LogP contribution in [0.4, 0.5) is 5.82 Å². The lowest BCUT2D eigenvalue weighted by Crippen LogP contribution is -2.46. The van der Waals surface area contributed by atoms with Gasteiger partial charge in [0.05, 0.1) is 13.2 Å². The molecule has 0 aliphatic carbocycles. The Bertz CT molecular complexity index is 658. The third-order valence-corrected chi connectivity index (χ3v) is 6.17. The first-order valence-corrected chi connectivity index (χ1v) is 11.3. The van der Waals surface area contributed by atoms with E-state index in [0.717, 1.165) is 82.6 Å². The lowest BCUT2D eigenvalue weighted by molar-refractivity contribution is 0.127. The smallest absolute Gasteiger partial charge is 0.191 e. The van der Waals surface area contributed by atoms with E-state index in [4.69, 9.17) is 9.73 Å². The van der Waals surface area contributed by atoms with E-state index in [0.29, 0.717) is 13.2 Å². The largest absolute Gasteiger partial charge is 0.396 e. The number of ether oxygens (including phenoxy) is 1. The summed E-state index contributed by atoms with van der Waals surface area (Å²) in [6, 6.07) is 4.23. The average Bonchev–Trinajstić information content (AvgIpc) is 3.25. The fraction of sp³-hybridized carbons (Fsp3) is 0.727. The summed E-state index contributed by atoms with van der Waals surface area (Å²) < 4.78 is 5.58. The number of hydrogen-bond donors (Lipinski definition) is 3. The Morgan fingerprint density at radius 2 is 2.03 bits per heavy atom. The molecule has 176 valence electrons. The zero-order chi connectivity index (χ0) is 21.2. The highest BCUT2D eigenvalue weighted by atomic mass is 127. The number of anilines is 1. The van der Waals surface area contributed by atoms with Gasteiger partial charge < -0.3 is 30.3 Å². The van der Waals surface area contributed by atoms with Gasteiger partial charge in [-0.15, -0.1) is 24.0 Å². The average molecular weight is 546 g/mol. The maximum absolute atomic E-state index is 9.41. The second-order valence-electron chi connectivity index (χ2n) is 8.27. The lowest BCUT2D eigenvalue weighted by Gasteiger charge is -2.34. The highest BCUT2D eigenvalue weighted by Gasteiger charge is 2.34. The summed E-state index contributed by atoms with van der Waals surface area (Å²) in [5.41, 5.74) is 1.09. The molecule has 0 aromatic carbocycles. The van der Waals surface area contributed by atoms with Crippen molar-refractivity contribution in [3.8, 4) is 0 Å². The van der Waals surface area contributed by atoms with Gasteiger partial charge in [-0.1, -0.05) is 13.0 Å². The first-order valence-electron chi connectivity index (χ1n) is 11.3. The first kappa shape index (κ1) is 26.1. The van der Waals surface area contributed by atoms with Gasteiger partial charge in [-0.2, -0.15) is 0 Å². The molecular formula is C22H39IN6O2. The third kappa shape index (κ3) is 7.73. The number of nitrogens with zero attached hydrogens (tertiary/aromatic N) is 4. The standard InChI is InChI=1S/C22H38N6O2.HI/c1-3-23-21(26-17-22(7-13-29)8-14-30-18-22)25-16-19-5-6-20(24-15-19)28-11-9-27(4-2)10-12-28;/h5-6,15,29H,3-4,7-14,16-18H2,1-2H3,(H2,23,25,26);1H. The number of rotatable bonds is 9. The number of likely N-dealkylation sites (N-methyl/N-ethyl adjacent to an activating group) is 1. The van der Waals surface area contributed by atoms with Crippen LogP contribution >= 0.6 is 24.0 Å². The molecule has 0 amide bonds. The van der Waals surface area contributed by atoms with E-state index >= 15 is 0 Å². The molecule has 1 atom stereocenters. The van der Waals surface area contributed by atoms with E-state index in [1.165, 1.54) is 0 Å². The van der Waals surface area contributed by atoms with Gasteiger partial charge in [0.1, 0.15) is 5.82 Å². The molecule has 0 bridgehead atoms. The van der Waals surface area contributed by atoms with Gasteiger partial charge in [0.15, 0.2) is 5.96 Å². The maximum atomic E-state index is 9.41. The van der Waals surface area contributed by atoms with Crippen LogP contribution in [0, 0.1) is 5.41 Å². The highest BCUT2D eigenvalue weighted by Crippen LogP contribution is 2.31. The monoisotopic (exact) mass is 546 g/mol. The Hall–Kier alpha value is -1.17. The summed E-state index contributed by atoms with van der Waals surface area (Å²) in [4.78, 5) is 14.2. The highest BCUT2D eigenvalue weighted by molar-refractivity contribution is 14.0. The van der Waals surface area contributed by atoms with Crippen molar-refractivity contribution in [2.24, 2.45) is 10.4 Å². The zero-order valence-corrected chi connectivity index (χ0v) is 21.3. The van der Waals surface area contributed by atoms with Crippen molar-refractivity contribution in [3.63, 3.8) is 0 Å². The SMILES string of the molecule is CCNC(=NCc1ccc(N2CCN(CC)CC2)nc1)NCC1(CCO)CCOC1.I. The van der Waals surface area contributed by atoms with Crippen molar-refractivity contribution in [1.29, 1.82) is 0 Å². The molecule has 0 radical (unpaired) electrons. The summed E-state index contributed by atoms with van der Waals surface area (Å²) in [6.07, 6.45) is 3.65. The molecule has 8 nitrogen and oxygen atoms in total. The van der Waals surface area contributed by atoms with Crippen molar-refractivity contribution in [2.45, 2.75) is 33.2 Å². The van der Waals surface area contributed by atoms with Gasteiger partial charge in [0.25, 0.3) is 0 Å². The summed E-state index contributed by atoms with van der Waals surface area (Å²) in [7, 11) is 0. The molecule has 1 aromatic rings. The minimum atomic E-state index is -0.00402. The van der Waals surface area contributed by atoms with Crippen LogP contribution in [0.25, 0.3) is 0 Å². The lowest BCUT2D eigenvalue weighted by atomic mass is 9.84. The Balaban J connectivity index is 0.00000341. The van der Waals surface area contributed by atoms with Crippen molar-refractivity contribution in [3.05, 3.63) is 23.9 Å². The predicted molar refractivity (Wildman–Crippen MR) is 136 cm³/mol. The van der Waals surface area contributed by atoms with Crippen LogP contribution in [0.2, 0.25) is 0 Å². The van der Waals surface area contributed by atoms with E-state index in [1.807, 2.05) is 6.20 Å². The van der Waals surface area contributed by atoms with Crippen molar-refractivity contribution in [2.75, 3.05) is 70.5 Å². The summed E-state index contributed by atoms with van der Waals surface area (Å²) in [5.74, 6) is 1.84. The number of piperazine rings is 1. The van der Waals surface area contributed by atoms with Gasteiger partial charge in [-0.3, -0.25) is 0 Å². The fourth-order valence-electron chi connectivity index (χ4n) is 4.09. The third-order valence-electron chi connectivity index (χ3n) is 6.17. The number of aliphatic imine (C=N–C) groups is 1. The molecule has 2 fully saturated rings. The number of aromatic nitrogens is 1. The van der Waals surface area contributed by atoms with Gasteiger partial charge in [0.2, 0.25) is 0 Å². The predicted octanol–water partition coefficient (Wildman–Crippen LogP) is 1.69. The number of aliphatic hydroxyl groups is 1. The number of pyridine rings is 1. The van der Waals surface area contributed by atoms with Gasteiger partial charge >= 0.3 is 0 Å². The molecule has 1 aromatic heterocycles. The molecule has 9 heteroatoms. The second kappa shape index (κ2) is 13.4. The molecule has 1 unspecified atom stereocenters. The number of guanidine groups is 1. The van der Waals surface area contributed by atoms with Crippen LogP contribution in [0.1, 0.15) is 32.3 Å². The quantitative estimate of drug-likeness (QED) is 0.247. The first-order chi connectivity index (χ1) is 14.7. The molecule has 3 heterocycles. The van der Waals surface area contributed by atoms with E-state index in [2.05, 4.69) is 51.4 Å². The number of halogens is 1. The molecule has 0 spiro atoms. The molecule has 2 aliphatic heterocycles. The normalized spacial score (nSPS) is 22.3. The topological polar surface area (TPSA) is 85.3 Å². The Morgan fingerprint density at radius 1 is 1.23 bits per heavy atom. The van der Waals surface area contributed by atoms with Gasteiger partial charge in [-0.25, -0.2) is 9.98 Å². The Labute approximate surface area is 203 Å². The molecule has 2 saturated heterocycles. The fourth-order valence-corrected chi connectivity index (χ4v) is 4.09. The van der Waals surface area contributed by atoms with Crippen LogP contribution in [0.15, 0.2) is 23.3 Å². The molecule has 0 saturated carbocycles. The summed E-state index contributed by atoms with van der Waals surface area (Å²) in [5, 5.41) is 16.2. The molecule has 3 N–H and O–H groups in total. The maximum Gasteiger partial charge on any atom is 0.191 e. The number of hydrogen-bond acceptors (Lipinski definition) is 6. The Kier molecular flexibility index (Phi) is 11.3. The van der Waals surface area contributed by atoms with E-state index < -0.39 is 0 Å². The second-order valence-corrected chi connectivity index (χ2v) is 8.27.